The zero-order valence-corrected chi connectivity index (χ0v) is 13.1. The first-order valence-corrected chi connectivity index (χ1v) is 7.98. The molecule has 23 heavy (non-hydrogen) atoms. The molecule has 0 spiro atoms. The second kappa shape index (κ2) is 7.85. The highest BCUT2D eigenvalue weighted by molar-refractivity contribution is 5.94. The Balaban J connectivity index is 1.47. The Bertz CT molecular complexity index is 621. The Hall–Kier alpha value is -2.25. The molecule has 7 nitrogen and oxygen atoms in total. The maximum atomic E-state index is 12.2. The number of pyridine rings is 1. The molecule has 0 atom stereocenters. The summed E-state index contributed by atoms with van der Waals surface area (Å²) >= 11 is 0. The van der Waals surface area contributed by atoms with Gasteiger partial charge in [-0.15, -0.1) is 0 Å². The van der Waals surface area contributed by atoms with Crippen LogP contribution in [0.3, 0.4) is 0 Å². The van der Waals surface area contributed by atoms with E-state index in [1.165, 1.54) is 0 Å². The monoisotopic (exact) mass is 314 g/mol. The van der Waals surface area contributed by atoms with Gasteiger partial charge in [0.15, 0.2) is 0 Å². The molecule has 0 saturated carbocycles. The minimum absolute atomic E-state index is 0.0610. The van der Waals surface area contributed by atoms with Crippen LogP contribution in [-0.2, 0) is 0 Å². The predicted molar refractivity (Wildman–Crippen MR) is 87.6 cm³/mol. The number of nitrogens with zero attached hydrogens (tertiary/aromatic N) is 4. The summed E-state index contributed by atoms with van der Waals surface area (Å²) in [4.78, 5) is 22.9. The highest BCUT2D eigenvalue weighted by Gasteiger charge is 2.10. The smallest absolute Gasteiger partial charge is 0.251 e. The van der Waals surface area contributed by atoms with Crippen molar-refractivity contribution in [2.45, 2.75) is 6.42 Å². The minimum atomic E-state index is -0.0610. The molecule has 0 aliphatic carbocycles. The molecule has 0 bridgehead atoms. The van der Waals surface area contributed by atoms with Crippen molar-refractivity contribution in [1.82, 2.24) is 30.1 Å². The summed E-state index contributed by atoms with van der Waals surface area (Å²) in [5.41, 5.74) is 0.617. The van der Waals surface area contributed by atoms with Gasteiger partial charge in [0.1, 0.15) is 12.1 Å². The lowest BCUT2D eigenvalue weighted by atomic mass is 10.2. The SMILES string of the molecule is O=C(NCCCN1CCNCC1)c1ccnc(-n2ccnc2)c1. The Morgan fingerprint density at radius 1 is 1.30 bits per heavy atom. The molecule has 1 aliphatic rings. The Labute approximate surface area is 135 Å². The molecule has 0 aromatic carbocycles. The van der Waals surface area contributed by atoms with E-state index in [0.29, 0.717) is 17.9 Å². The average molecular weight is 314 g/mol. The average Bonchev–Trinajstić information content (AvgIpc) is 3.14. The van der Waals surface area contributed by atoms with Gasteiger partial charge in [0.25, 0.3) is 5.91 Å². The van der Waals surface area contributed by atoms with E-state index in [2.05, 4.69) is 25.5 Å². The van der Waals surface area contributed by atoms with Crippen molar-refractivity contribution >= 4 is 5.91 Å². The lowest BCUT2D eigenvalue weighted by Gasteiger charge is -2.27. The van der Waals surface area contributed by atoms with Crippen molar-refractivity contribution in [3.8, 4) is 5.82 Å². The second-order valence-electron chi connectivity index (χ2n) is 5.57. The standard InChI is InChI=1S/C16H22N6O/c23-16(20-3-1-8-21-9-5-17-6-10-21)14-2-4-19-15(12-14)22-11-7-18-13-22/h2,4,7,11-13,17H,1,3,5-6,8-10H2,(H,20,23). The summed E-state index contributed by atoms with van der Waals surface area (Å²) in [7, 11) is 0. The van der Waals surface area contributed by atoms with Crippen molar-refractivity contribution in [3.63, 3.8) is 0 Å². The van der Waals surface area contributed by atoms with Gasteiger partial charge in [-0.3, -0.25) is 9.36 Å². The van der Waals surface area contributed by atoms with Gasteiger partial charge in [-0.1, -0.05) is 0 Å². The van der Waals surface area contributed by atoms with Crippen LogP contribution in [-0.4, -0.2) is 64.6 Å². The first kappa shape index (κ1) is 15.6. The molecule has 2 aromatic heterocycles. The molecule has 1 aliphatic heterocycles. The van der Waals surface area contributed by atoms with E-state index in [0.717, 1.165) is 39.1 Å². The number of amides is 1. The van der Waals surface area contributed by atoms with Crippen LogP contribution in [0.5, 0.6) is 0 Å². The fourth-order valence-corrected chi connectivity index (χ4v) is 2.64. The van der Waals surface area contributed by atoms with Gasteiger partial charge in [-0.25, -0.2) is 9.97 Å². The third kappa shape index (κ3) is 4.37. The molecular weight excluding hydrogens is 292 g/mol. The van der Waals surface area contributed by atoms with Crippen LogP contribution in [0, 0.1) is 0 Å². The number of hydrogen-bond donors (Lipinski definition) is 2. The van der Waals surface area contributed by atoms with Gasteiger partial charge < -0.3 is 15.5 Å². The lowest BCUT2D eigenvalue weighted by Crippen LogP contribution is -2.44. The van der Waals surface area contributed by atoms with E-state index >= 15 is 0 Å². The number of piperazine rings is 1. The predicted octanol–water partition coefficient (Wildman–Crippen LogP) is 0.292. The molecule has 0 radical (unpaired) electrons. The van der Waals surface area contributed by atoms with Gasteiger partial charge in [0.05, 0.1) is 0 Å². The molecule has 0 unspecified atom stereocenters. The lowest BCUT2D eigenvalue weighted by molar-refractivity contribution is 0.0951. The normalized spacial score (nSPS) is 15.5. The summed E-state index contributed by atoms with van der Waals surface area (Å²) in [5, 5.41) is 6.32. The van der Waals surface area contributed by atoms with Gasteiger partial charge in [-0.2, -0.15) is 0 Å². The van der Waals surface area contributed by atoms with Crippen LogP contribution in [0.1, 0.15) is 16.8 Å². The molecule has 1 saturated heterocycles. The molecule has 3 rings (SSSR count). The molecule has 1 amide bonds. The number of imidazole rings is 1. The molecule has 7 heteroatoms. The van der Waals surface area contributed by atoms with Crippen LogP contribution in [0.25, 0.3) is 5.82 Å². The van der Waals surface area contributed by atoms with E-state index in [4.69, 9.17) is 0 Å². The molecule has 2 N–H and O–H groups in total. The van der Waals surface area contributed by atoms with Crippen LogP contribution in [0.4, 0.5) is 0 Å². The number of nitrogens with one attached hydrogen (secondary N) is 2. The van der Waals surface area contributed by atoms with Crippen LogP contribution in [0.2, 0.25) is 0 Å². The molecular formula is C16H22N6O. The third-order valence-corrected chi connectivity index (χ3v) is 3.92. The second-order valence-corrected chi connectivity index (χ2v) is 5.57. The highest BCUT2D eigenvalue weighted by Crippen LogP contribution is 2.06. The fraction of sp³-hybridized carbons (Fsp3) is 0.438. The van der Waals surface area contributed by atoms with Crippen molar-refractivity contribution in [3.05, 3.63) is 42.6 Å². The summed E-state index contributed by atoms with van der Waals surface area (Å²) in [6.07, 6.45) is 7.76. The Morgan fingerprint density at radius 3 is 2.96 bits per heavy atom. The van der Waals surface area contributed by atoms with Gasteiger partial charge in [0, 0.05) is 56.9 Å². The number of aromatic nitrogens is 3. The quantitative estimate of drug-likeness (QED) is 0.750. The Morgan fingerprint density at radius 2 is 2.17 bits per heavy atom. The highest BCUT2D eigenvalue weighted by atomic mass is 16.1. The summed E-state index contributed by atoms with van der Waals surface area (Å²) in [5.74, 6) is 0.630. The van der Waals surface area contributed by atoms with Crippen molar-refractivity contribution in [2.24, 2.45) is 0 Å². The molecule has 1 fully saturated rings. The van der Waals surface area contributed by atoms with E-state index in [9.17, 15) is 4.79 Å². The first-order chi connectivity index (χ1) is 11.3. The number of carbonyl (C=O) groups is 1. The first-order valence-electron chi connectivity index (χ1n) is 7.98. The molecule has 3 heterocycles. The summed E-state index contributed by atoms with van der Waals surface area (Å²) < 4.78 is 1.78. The van der Waals surface area contributed by atoms with E-state index in [-0.39, 0.29) is 5.91 Å². The van der Waals surface area contributed by atoms with Crippen molar-refractivity contribution < 1.29 is 4.79 Å². The molecule has 2 aromatic rings. The molecule has 122 valence electrons. The van der Waals surface area contributed by atoms with Gasteiger partial charge >= 0.3 is 0 Å². The summed E-state index contributed by atoms with van der Waals surface area (Å²) in [6, 6.07) is 3.50. The minimum Gasteiger partial charge on any atom is -0.352 e. The Kier molecular flexibility index (Phi) is 5.33. The van der Waals surface area contributed by atoms with Gasteiger partial charge in [0.2, 0.25) is 0 Å². The van der Waals surface area contributed by atoms with Crippen molar-refractivity contribution in [1.29, 1.82) is 0 Å². The van der Waals surface area contributed by atoms with Crippen LogP contribution >= 0.6 is 0 Å². The maximum absolute atomic E-state index is 12.2. The maximum Gasteiger partial charge on any atom is 0.251 e. The number of hydrogen-bond acceptors (Lipinski definition) is 5. The van der Waals surface area contributed by atoms with Crippen LogP contribution in [0.15, 0.2) is 37.1 Å². The van der Waals surface area contributed by atoms with Crippen molar-refractivity contribution in [2.75, 3.05) is 39.3 Å². The largest absolute Gasteiger partial charge is 0.352 e. The van der Waals surface area contributed by atoms with E-state index in [1.54, 1.807) is 41.6 Å². The third-order valence-electron chi connectivity index (χ3n) is 3.92. The van der Waals surface area contributed by atoms with Crippen LogP contribution < -0.4 is 10.6 Å². The van der Waals surface area contributed by atoms with E-state index in [1.807, 2.05) is 0 Å². The van der Waals surface area contributed by atoms with E-state index < -0.39 is 0 Å². The zero-order chi connectivity index (χ0) is 15.9. The van der Waals surface area contributed by atoms with Gasteiger partial charge in [-0.05, 0) is 25.1 Å². The number of rotatable bonds is 6. The summed E-state index contributed by atoms with van der Waals surface area (Å²) in [6.45, 7) is 6.00. The topological polar surface area (TPSA) is 75.1 Å². The number of carbonyl (C=O) groups excluding carboxylic acids is 1. The zero-order valence-electron chi connectivity index (χ0n) is 13.1. The fourth-order valence-electron chi connectivity index (χ4n) is 2.64.